The Labute approximate surface area is 66.1 Å². The average Bonchev–Trinajstić information content (AvgIpc) is 2.43. The van der Waals surface area contributed by atoms with Crippen LogP contribution in [0, 0.1) is 16.5 Å². The number of hydrogen-bond donors (Lipinski definition) is 0. The number of hydrogen-bond acceptors (Lipinski definition) is 1. The molecule has 0 radical (unpaired) electrons. The highest BCUT2D eigenvalue weighted by molar-refractivity contribution is 5.65. The summed E-state index contributed by atoms with van der Waals surface area (Å²) in [5.41, 5.74) is 0.235. The van der Waals surface area contributed by atoms with Crippen LogP contribution in [0.1, 0.15) is 6.42 Å². The first-order valence-electron chi connectivity index (χ1n) is 3.85. The zero-order valence-electron chi connectivity index (χ0n) is 6.53. The van der Waals surface area contributed by atoms with E-state index in [9.17, 15) is 5.21 Å². The molecule has 2 heteroatoms. The van der Waals surface area contributed by atoms with Crippen molar-refractivity contribution in [3.8, 4) is 0 Å². The van der Waals surface area contributed by atoms with Gasteiger partial charge in [-0.05, 0) is 6.42 Å². The van der Waals surface area contributed by atoms with Gasteiger partial charge in [0, 0.05) is 5.41 Å². The van der Waals surface area contributed by atoms with E-state index in [0.717, 1.165) is 11.2 Å². The summed E-state index contributed by atoms with van der Waals surface area (Å²) in [6, 6.07) is 0. The molecule has 2 rings (SSSR count). The molecule has 0 aromatic heterocycles. The molecule has 0 saturated heterocycles. The van der Waals surface area contributed by atoms with Crippen molar-refractivity contribution in [2.24, 2.45) is 11.3 Å². The molecule has 1 atom stereocenters. The second-order valence-electron chi connectivity index (χ2n) is 3.34. The minimum absolute atomic E-state index is 0.235. The van der Waals surface area contributed by atoms with E-state index in [0.29, 0.717) is 5.92 Å². The van der Waals surface area contributed by atoms with Gasteiger partial charge in [0.15, 0.2) is 6.21 Å². The summed E-state index contributed by atoms with van der Waals surface area (Å²) < 4.78 is 0.902. The molecule has 0 aromatic carbocycles. The molecule has 0 bridgehead atoms. The lowest BCUT2D eigenvalue weighted by Gasteiger charge is -1.98. The molecule has 0 aromatic rings. The topological polar surface area (TPSA) is 26.1 Å². The van der Waals surface area contributed by atoms with Gasteiger partial charge < -0.3 is 5.21 Å². The SMILES string of the molecule is C/[N+]([O-])=C/C1CC12C=CC=C2. The molecule has 0 N–H and O–H groups in total. The normalized spacial score (nSPS) is 31.7. The highest BCUT2D eigenvalue weighted by atomic mass is 16.5. The van der Waals surface area contributed by atoms with Crippen LogP contribution in [-0.2, 0) is 0 Å². The van der Waals surface area contributed by atoms with Gasteiger partial charge in [-0.2, -0.15) is 0 Å². The van der Waals surface area contributed by atoms with Crippen molar-refractivity contribution in [2.75, 3.05) is 7.05 Å². The minimum Gasteiger partial charge on any atom is -0.624 e. The molecular formula is C9H11NO. The van der Waals surface area contributed by atoms with E-state index >= 15 is 0 Å². The maximum Gasteiger partial charge on any atom is 0.155 e. The predicted octanol–water partition coefficient (Wildman–Crippen LogP) is 1.33. The van der Waals surface area contributed by atoms with Gasteiger partial charge in [-0.25, -0.2) is 4.74 Å². The van der Waals surface area contributed by atoms with E-state index in [2.05, 4.69) is 24.3 Å². The van der Waals surface area contributed by atoms with Crippen molar-refractivity contribution in [2.45, 2.75) is 6.42 Å². The summed E-state index contributed by atoms with van der Waals surface area (Å²) in [6.45, 7) is 0. The quantitative estimate of drug-likeness (QED) is 0.239. The third-order valence-corrected chi connectivity index (χ3v) is 2.42. The second-order valence-corrected chi connectivity index (χ2v) is 3.34. The van der Waals surface area contributed by atoms with Crippen molar-refractivity contribution < 1.29 is 4.74 Å². The number of nitrogens with zero attached hydrogens (tertiary/aromatic N) is 1. The van der Waals surface area contributed by atoms with Gasteiger partial charge in [0.1, 0.15) is 7.05 Å². The van der Waals surface area contributed by atoms with Gasteiger partial charge in [-0.3, -0.25) is 0 Å². The van der Waals surface area contributed by atoms with Gasteiger partial charge in [0.25, 0.3) is 0 Å². The Morgan fingerprint density at radius 2 is 2.18 bits per heavy atom. The molecule has 0 heterocycles. The lowest BCUT2D eigenvalue weighted by atomic mass is 10.1. The third-order valence-electron chi connectivity index (χ3n) is 2.42. The summed E-state index contributed by atoms with van der Waals surface area (Å²) in [7, 11) is 1.54. The smallest absolute Gasteiger partial charge is 0.155 e. The van der Waals surface area contributed by atoms with Crippen LogP contribution in [0.5, 0.6) is 0 Å². The van der Waals surface area contributed by atoms with Gasteiger partial charge >= 0.3 is 0 Å². The zero-order chi connectivity index (χ0) is 7.90. The summed E-state index contributed by atoms with van der Waals surface area (Å²) in [6.07, 6.45) is 11.3. The van der Waals surface area contributed by atoms with E-state index < -0.39 is 0 Å². The van der Waals surface area contributed by atoms with Crippen LogP contribution in [0.3, 0.4) is 0 Å². The molecular weight excluding hydrogens is 138 g/mol. The second kappa shape index (κ2) is 1.97. The fourth-order valence-corrected chi connectivity index (χ4v) is 1.68. The molecule has 1 fully saturated rings. The monoisotopic (exact) mass is 149 g/mol. The first-order valence-corrected chi connectivity index (χ1v) is 3.85. The maximum absolute atomic E-state index is 10.6. The first kappa shape index (κ1) is 6.65. The number of rotatable bonds is 1. The third kappa shape index (κ3) is 0.985. The van der Waals surface area contributed by atoms with E-state index in [1.807, 2.05) is 0 Å². The summed E-state index contributed by atoms with van der Waals surface area (Å²) in [5, 5.41) is 10.6. The highest BCUT2D eigenvalue weighted by Crippen LogP contribution is 2.55. The summed E-state index contributed by atoms with van der Waals surface area (Å²) in [4.78, 5) is 0. The maximum atomic E-state index is 10.6. The van der Waals surface area contributed by atoms with E-state index in [4.69, 9.17) is 0 Å². The average molecular weight is 149 g/mol. The molecule has 2 aliphatic carbocycles. The molecule has 2 nitrogen and oxygen atoms in total. The molecule has 1 saturated carbocycles. The molecule has 0 amide bonds. The van der Waals surface area contributed by atoms with Crippen LogP contribution in [0.25, 0.3) is 0 Å². The van der Waals surface area contributed by atoms with Crippen LogP contribution in [0.15, 0.2) is 24.3 Å². The van der Waals surface area contributed by atoms with Gasteiger partial charge in [0.2, 0.25) is 0 Å². The molecule has 0 aliphatic heterocycles. The Morgan fingerprint density at radius 3 is 2.73 bits per heavy atom. The van der Waals surface area contributed by atoms with E-state index in [-0.39, 0.29) is 5.41 Å². The first-order chi connectivity index (χ1) is 5.23. The lowest BCUT2D eigenvalue weighted by Crippen LogP contribution is -2.02. The summed E-state index contributed by atoms with van der Waals surface area (Å²) >= 11 is 0. The van der Waals surface area contributed by atoms with Crippen molar-refractivity contribution in [1.29, 1.82) is 0 Å². The molecule has 11 heavy (non-hydrogen) atoms. The van der Waals surface area contributed by atoms with Crippen LogP contribution >= 0.6 is 0 Å². The Bertz CT molecular complexity index is 247. The standard InChI is InChI=1S/C9H11NO/c1-10(11)7-8-6-9(8)4-2-3-5-9/h2-5,7-8H,6H2,1H3/b10-7-. The Morgan fingerprint density at radius 1 is 1.55 bits per heavy atom. The van der Waals surface area contributed by atoms with Crippen molar-refractivity contribution in [3.63, 3.8) is 0 Å². The lowest BCUT2D eigenvalue weighted by molar-refractivity contribution is -0.419. The molecule has 1 spiro atoms. The van der Waals surface area contributed by atoms with Crippen LogP contribution in [0.2, 0.25) is 0 Å². The van der Waals surface area contributed by atoms with Crippen LogP contribution < -0.4 is 0 Å². The predicted molar refractivity (Wildman–Crippen MR) is 44.4 cm³/mol. The number of allylic oxidation sites excluding steroid dienone is 4. The largest absolute Gasteiger partial charge is 0.624 e. The number of hydroxylamine groups is 1. The van der Waals surface area contributed by atoms with Gasteiger partial charge in [-0.1, -0.05) is 24.3 Å². The molecule has 1 unspecified atom stereocenters. The Kier molecular flexibility index (Phi) is 1.19. The van der Waals surface area contributed by atoms with Gasteiger partial charge in [-0.15, -0.1) is 0 Å². The molecule has 2 aliphatic rings. The van der Waals surface area contributed by atoms with Crippen LogP contribution in [-0.4, -0.2) is 18.0 Å². The van der Waals surface area contributed by atoms with E-state index in [1.165, 1.54) is 7.05 Å². The van der Waals surface area contributed by atoms with Crippen LogP contribution in [0.4, 0.5) is 0 Å². The minimum atomic E-state index is 0.235. The fourth-order valence-electron chi connectivity index (χ4n) is 1.68. The Balaban J connectivity index is 2.10. The van der Waals surface area contributed by atoms with E-state index in [1.54, 1.807) is 6.21 Å². The fraction of sp³-hybridized carbons (Fsp3) is 0.444. The zero-order valence-corrected chi connectivity index (χ0v) is 6.53. The molecule has 58 valence electrons. The van der Waals surface area contributed by atoms with Crippen molar-refractivity contribution in [3.05, 3.63) is 29.5 Å². The van der Waals surface area contributed by atoms with Crippen molar-refractivity contribution in [1.82, 2.24) is 0 Å². The highest BCUT2D eigenvalue weighted by Gasteiger charge is 2.52. The summed E-state index contributed by atoms with van der Waals surface area (Å²) in [5.74, 6) is 0.444. The van der Waals surface area contributed by atoms with Crippen molar-refractivity contribution >= 4 is 6.21 Å². The van der Waals surface area contributed by atoms with Gasteiger partial charge in [0.05, 0.1) is 5.92 Å². The Hall–Kier alpha value is -1.05.